The zero-order valence-electron chi connectivity index (χ0n) is 8.95. The van der Waals surface area contributed by atoms with Crippen molar-refractivity contribution in [3.05, 3.63) is 40.3 Å². The van der Waals surface area contributed by atoms with Crippen LogP contribution in [0.25, 0.3) is 0 Å². The maximum atomic E-state index is 5.91. The lowest BCUT2D eigenvalue weighted by Gasteiger charge is -2.08. The summed E-state index contributed by atoms with van der Waals surface area (Å²) in [6.45, 7) is 1.88. The molecule has 0 aliphatic heterocycles. The first-order chi connectivity index (χ1) is 8.08. The lowest BCUT2D eigenvalue weighted by molar-refractivity contribution is 0.464. The molecule has 0 saturated carbocycles. The van der Waals surface area contributed by atoms with Gasteiger partial charge >= 0.3 is 0 Å². The second-order valence-electron chi connectivity index (χ2n) is 3.40. The molecule has 0 aliphatic carbocycles. The van der Waals surface area contributed by atoms with E-state index < -0.39 is 0 Å². The predicted molar refractivity (Wildman–Crippen MR) is 67.7 cm³/mol. The predicted octanol–water partition coefficient (Wildman–Crippen LogP) is 3.47. The number of nitrogen functional groups attached to an aromatic ring is 1. The second kappa shape index (κ2) is 4.77. The Balaban J connectivity index is 2.31. The Labute approximate surface area is 108 Å². The minimum absolute atomic E-state index is 0.167. The number of benzene rings is 1. The average Bonchev–Trinajstić information content (AvgIpc) is 2.30. The van der Waals surface area contributed by atoms with Gasteiger partial charge < -0.3 is 10.5 Å². The summed E-state index contributed by atoms with van der Waals surface area (Å²) in [5, 5.41) is 0.840. The standard InChI is InChI=1S/C11H9Cl2N3O/c1-6-4-7(2-3-8(6)12)17-11-9(14)10(13)15-5-16-11/h2-5H,14H2,1H3. The van der Waals surface area contributed by atoms with Crippen LogP contribution >= 0.6 is 23.2 Å². The van der Waals surface area contributed by atoms with Crippen LogP contribution in [0.15, 0.2) is 24.5 Å². The molecule has 1 aromatic carbocycles. The molecule has 0 unspecified atom stereocenters. The van der Waals surface area contributed by atoms with Crippen molar-refractivity contribution >= 4 is 28.9 Å². The van der Waals surface area contributed by atoms with Gasteiger partial charge in [-0.05, 0) is 30.7 Å². The fourth-order valence-corrected chi connectivity index (χ4v) is 1.47. The second-order valence-corrected chi connectivity index (χ2v) is 4.16. The van der Waals surface area contributed by atoms with Crippen molar-refractivity contribution < 1.29 is 4.74 Å². The van der Waals surface area contributed by atoms with Crippen molar-refractivity contribution in [2.75, 3.05) is 5.73 Å². The summed E-state index contributed by atoms with van der Waals surface area (Å²) in [6, 6.07) is 5.26. The summed E-state index contributed by atoms with van der Waals surface area (Å²) in [5.74, 6) is 0.820. The number of nitrogens with two attached hydrogens (primary N) is 1. The van der Waals surface area contributed by atoms with Crippen LogP contribution < -0.4 is 10.5 Å². The van der Waals surface area contributed by atoms with Crippen LogP contribution in [0.1, 0.15) is 5.56 Å². The summed E-state index contributed by atoms with van der Waals surface area (Å²) >= 11 is 11.7. The molecule has 88 valence electrons. The minimum atomic E-state index is 0.167. The van der Waals surface area contributed by atoms with Crippen LogP contribution in [-0.2, 0) is 0 Å². The van der Waals surface area contributed by atoms with Gasteiger partial charge in [0.05, 0.1) is 0 Å². The number of halogens is 2. The first-order valence-electron chi connectivity index (χ1n) is 4.78. The molecule has 0 atom stereocenters. The molecule has 0 spiro atoms. The summed E-state index contributed by atoms with van der Waals surface area (Å²) < 4.78 is 5.51. The van der Waals surface area contributed by atoms with E-state index in [1.165, 1.54) is 6.33 Å². The Morgan fingerprint density at radius 3 is 2.71 bits per heavy atom. The molecule has 0 radical (unpaired) electrons. The summed E-state index contributed by atoms with van der Waals surface area (Å²) in [4.78, 5) is 7.65. The molecule has 0 saturated heterocycles. The van der Waals surface area contributed by atoms with Crippen LogP contribution in [-0.4, -0.2) is 9.97 Å². The number of ether oxygens (including phenoxy) is 1. The molecule has 17 heavy (non-hydrogen) atoms. The van der Waals surface area contributed by atoms with E-state index in [4.69, 9.17) is 33.7 Å². The highest BCUT2D eigenvalue weighted by Crippen LogP contribution is 2.30. The summed E-state index contributed by atoms with van der Waals surface area (Å²) in [7, 11) is 0. The molecule has 0 aliphatic rings. The molecule has 6 heteroatoms. The maximum Gasteiger partial charge on any atom is 0.247 e. The van der Waals surface area contributed by atoms with Crippen molar-refractivity contribution in [1.29, 1.82) is 0 Å². The quantitative estimate of drug-likeness (QED) is 0.849. The first kappa shape index (κ1) is 12.0. The van der Waals surface area contributed by atoms with Crippen LogP contribution in [0, 0.1) is 6.92 Å². The van der Waals surface area contributed by atoms with Gasteiger partial charge in [-0.2, -0.15) is 4.98 Å². The van der Waals surface area contributed by atoms with Crippen LogP contribution in [0.4, 0.5) is 5.69 Å². The molecule has 2 aromatic rings. The maximum absolute atomic E-state index is 5.91. The molecule has 0 bridgehead atoms. The Morgan fingerprint density at radius 2 is 2.00 bits per heavy atom. The number of nitrogens with zero attached hydrogens (tertiary/aromatic N) is 2. The van der Waals surface area contributed by atoms with Gasteiger partial charge in [-0.15, -0.1) is 0 Å². The summed E-state index contributed by atoms with van der Waals surface area (Å²) in [5.41, 5.74) is 6.81. The Hall–Kier alpha value is -1.52. The number of anilines is 1. The normalized spacial score (nSPS) is 10.3. The number of hydrogen-bond acceptors (Lipinski definition) is 4. The largest absolute Gasteiger partial charge is 0.437 e. The van der Waals surface area contributed by atoms with E-state index in [0.29, 0.717) is 10.8 Å². The lowest BCUT2D eigenvalue weighted by Crippen LogP contribution is -1.97. The highest BCUT2D eigenvalue weighted by atomic mass is 35.5. The van der Waals surface area contributed by atoms with Gasteiger partial charge in [0.15, 0.2) is 5.15 Å². The number of hydrogen-bond donors (Lipinski definition) is 1. The monoisotopic (exact) mass is 269 g/mol. The van der Waals surface area contributed by atoms with E-state index in [2.05, 4.69) is 9.97 Å². The molecule has 1 heterocycles. The number of rotatable bonds is 2. The van der Waals surface area contributed by atoms with E-state index in [1.807, 2.05) is 6.92 Å². The molecule has 0 amide bonds. The van der Waals surface area contributed by atoms with Crippen LogP contribution in [0.3, 0.4) is 0 Å². The number of aryl methyl sites for hydroxylation is 1. The Morgan fingerprint density at radius 1 is 1.24 bits per heavy atom. The molecule has 1 aromatic heterocycles. The fraction of sp³-hybridized carbons (Fsp3) is 0.0909. The SMILES string of the molecule is Cc1cc(Oc2ncnc(Cl)c2N)ccc1Cl. The highest BCUT2D eigenvalue weighted by Gasteiger charge is 2.08. The number of aromatic nitrogens is 2. The highest BCUT2D eigenvalue weighted by molar-refractivity contribution is 6.32. The van der Waals surface area contributed by atoms with Crippen molar-refractivity contribution in [1.82, 2.24) is 9.97 Å². The van der Waals surface area contributed by atoms with Gasteiger partial charge in [0, 0.05) is 5.02 Å². The van der Waals surface area contributed by atoms with Gasteiger partial charge in [-0.1, -0.05) is 23.2 Å². The Bertz CT molecular complexity index is 560. The first-order valence-corrected chi connectivity index (χ1v) is 5.53. The van der Waals surface area contributed by atoms with Crippen LogP contribution in [0.5, 0.6) is 11.6 Å². The molecule has 0 fully saturated rings. The molecule has 2 rings (SSSR count). The zero-order chi connectivity index (χ0) is 12.4. The lowest BCUT2D eigenvalue weighted by atomic mass is 10.2. The van der Waals surface area contributed by atoms with Crippen LogP contribution in [0.2, 0.25) is 10.2 Å². The topological polar surface area (TPSA) is 61.0 Å². The minimum Gasteiger partial charge on any atom is -0.437 e. The molecular weight excluding hydrogens is 261 g/mol. The molecular formula is C11H9Cl2N3O. The van der Waals surface area contributed by atoms with Crippen molar-refractivity contribution in [3.8, 4) is 11.6 Å². The van der Waals surface area contributed by atoms with E-state index in [9.17, 15) is 0 Å². The Kier molecular flexibility index (Phi) is 3.36. The van der Waals surface area contributed by atoms with E-state index >= 15 is 0 Å². The third-order valence-electron chi connectivity index (χ3n) is 2.14. The van der Waals surface area contributed by atoms with Crippen molar-refractivity contribution in [3.63, 3.8) is 0 Å². The van der Waals surface area contributed by atoms with E-state index in [1.54, 1.807) is 18.2 Å². The third-order valence-corrected chi connectivity index (χ3v) is 2.87. The zero-order valence-corrected chi connectivity index (χ0v) is 10.5. The van der Waals surface area contributed by atoms with Crippen molar-refractivity contribution in [2.24, 2.45) is 0 Å². The van der Waals surface area contributed by atoms with Gasteiger partial charge in [0.1, 0.15) is 17.8 Å². The van der Waals surface area contributed by atoms with Gasteiger partial charge in [0.2, 0.25) is 5.88 Å². The fourth-order valence-electron chi connectivity index (χ4n) is 1.23. The molecule has 4 nitrogen and oxygen atoms in total. The third kappa shape index (κ3) is 2.60. The summed E-state index contributed by atoms with van der Waals surface area (Å²) in [6.07, 6.45) is 1.29. The van der Waals surface area contributed by atoms with Gasteiger partial charge in [-0.25, -0.2) is 4.98 Å². The average molecular weight is 270 g/mol. The molecule has 2 N–H and O–H groups in total. The smallest absolute Gasteiger partial charge is 0.247 e. The van der Waals surface area contributed by atoms with E-state index in [0.717, 1.165) is 5.56 Å². The van der Waals surface area contributed by atoms with Gasteiger partial charge in [0.25, 0.3) is 0 Å². The van der Waals surface area contributed by atoms with Crippen molar-refractivity contribution in [2.45, 2.75) is 6.92 Å². The van der Waals surface area contributed by atoms with Gasteiger partial charge in [-0.3, -0.25) is 0 Å². The van der Waals surface area contributed by atoms with E-state index in [-0.39, 0.29) is 16.7 Å².